The first-order valence-electron chi connectivity index (χ1n) is 6.48. The van der Waals surface area contributed by atoms with E-state index in [1.54, 1.807) is 6.07 Å². The molecule has 1 atom stereocenters. The van der Waals surface area contributed by atoms with Crippen molar-refractivity contribution in [2.24, 2.45) is 0 Å². The van der Waals surface area contributed by atoms with Crippen LogP contribution in [0.15, 0.2) is 46.9 Å². The van der Waals surface area contributed by atoms with Gasteiger partial charge in [0.1, 0.15) is 5.82 Å². The van der Waals surface area contributed by atoms with E-state index in [4.69, 9.17) is 5.11 Å². The molecule has 2 aromatic carbocycles. The van der Waals surface area contributed by atoms with Crippen LogP contribution in [-0.2, 0) is 6.54 Å². The Morgan fingerprint density at radius 2 is 2.10 bits per heavy atom. The number of rotatable bonds is 5. The number of carboxylic acid groups (broad SMARTS) is 1. The van der Waals surface area contributed by atoms with E-state index in [0.717, 1.165) is 10.0 Å². The van der Waals surface area contributed by atoms with Crippen molar-refractivity contribution in [1.82, 2.24) is 5.32 Å². The Hall–Kier alpha value is -1.72. The molecule has 0 spiro atoms. The van der Waals surface area contributed by atoms with E-state index in [1.165, 1.54) is 12.1 Å². The molecule has 0 amide bonds. The fourth-order valence-corrected chi connectivity index (χ4v) is 2.42. The van der Waals surface area contributed by atoms with Gasteiger partial charge in [0.15, 0.2) is 0 Å². The highest BCUT2D eigenvalue weighted by atomic mass is 79.9. The molecule has 2 aromatic rings. The van der Waals surface area contributed by atoms with E-state index in [0.29, 0.717) is 12.1 Å². The van der Waals surface area contributed by atoms with Gasteiger partial charge in [-0.2, -0.15) is 0 Å². The lowest BCUT2D eigenvalue weighted by Gasteiger charge is -2.15. The summed E-state index contributed by atoms with van der Waals surface area (Å²) in [5.41, 5.74) is 1.52. The second-order valence-electron chi connectivity index (χ2n) is 4.78. The minimum Gasteiger partial charge on any atom is -0.478 e. The predicted molar refractivity (Wildman–Crippen MR) is 82.8 cm³/mol. The van der Waals surface area contributed by atoms with Crippen LogP contribution in [0.25, 0.3) is 0 Å². The van der Waals surface area contributed by atoms with Gasteiger partial charge in [0, 0.05) is 17.1 Å². The van der Waals surface area contributed by atoms with Crippen molar-refractivity contribution in [3.63, 3.8) is 0 Å². The summed E-state index contributed by atoms with van der Waals surface area (Å²) in [7, 11) is 0. The molecule has 0 aliphatic heterocycles. The number of hydrogen-bond donors (Lipinski definition) is 2. The van der Waals surface area contributed by atoms with Crippen LogP contribution in [0.2, 0.25) is 0 Å². The summed E-state index contributed by atoms with van der Waals surface area (Å²) in [4.78, 5) is 10.8. The first-order chi connectivity index (χ1) is 9.97. The maximum atomic E-state index is 13.6. The zero-order valence-electron chi connectivity index (χ0n) is 11.4. The lowest BCUT2D eigenvalue weighted by atomic mass is 10.1. The van der Waals surface area contributed by atoms with Gasteiger partial charge in [0.2, 0.25) is 0 Å². The maximum Gasteiger partial charge on any atom is 0.338 e. The number of aromatic carboxylic acids is 1. The van der Waals surface area contributed by atoms with E-state index >= 15 is 0 Å². The van der Waals surface area contributed by atoms with Crippen LogP contribution in [0.1, 0.15) is 34.5 Å². The zero-order valence-corrected chi connectivity index (χ0v) is 13.0. The molecule has 0 radical (unpaired) electrons. The molecule has 0 aliphatic rings. The number of nitrogens with one attached hydrogen (secondary N) is 1. The van der Waals surface area contributed by atoms with Crippen molar-refractivity contribution < 1.29 is 14.3 Å². The second kappa shape index (κ2) is 6.83. The Kier molecular flexibility index (Phi) is 5.09. The average Bonchev–Trinajstić information content (AvgIpc) is 2.44. The molecule has 2 N–H and O–H groups in total. The standard InChI is InChI=1S/C16H15BrFNO2/c1-10(12-3-2-4-13(17)8-12)19-9-11-5-6-14(16(20)21)15(18)7-11/h2-8,10,19H,9H2,1H3,(H,20,21)/t10-/m1/s1. The van der Waals surface area contributed by atoms with Gasteiger partial charge < -0.3 is 10.4 Å². The van der Waals surface area contributed by atoms with Crippen LogP contribution in [-0.4, -0.2) is 11.1 Å². The summed E-state index contributed by atoms with van der Waals surface area (Å²) < 4.78 is 14.6. The summed E-state index contributed by atoms with van der Waals surface area (Å²) in [6.45, 7) is 2.48. The molecule has 0 bridgehead atoms. The molecular formula is C16H15BrFNO2. The van der Waals surface area contributed by atoms with Crippen molar-refractivity contribution in [3.8, 4) is 0 Å². The largest absolute Gasteiger partial charge is 0.478 e. The number of benzene rings is 2. The van der Waals surface area contributed by atoms with Gasteiger partial charge in [-0.15, -0.1) is 0 Å². The van der Waals surface area contributed by atoms with Crippen molar-refractivity contribution in [3.05, 3.63) is 69.4 Å². The number of carboxylic acids is 1. The minimum atomic E-state index is -1.26. The van der Waals surface area contributed by atoms with Crippen LogP contribution in [0, 0.1) is 5.82 Å². The number of carbonyl (C=O) groups is 1. The molecule has 3 nitrogen and oxygen atoms in total. The molecule has 0 unspecified atom stereocenters. The van der Waals surface area contributed by atoms with E-state index in [9.17, 15) is 9.18 Å². The first-order valence-corrected chi connectivity index (χ1v) is 7.27. The van der Waals surface area contributed by atoms with E-state index in [1.807, 2.05) is 31.2 Å². The van der Waals surface area contributed by atoms with Crippen LogP contribution in [0.3, 0.4) is 0 Å². The van der Waals surface area contributed by atoms with Gasteiger partial charge in [-0.1, -0.05) is 34.1 Å². The minimum absolute atomic E-state index is 0.102. The van der Waals surface area contributed by atoms with Gasteiger partial charge in [0.25, 0.3) is 0 Å². The molecular weight excluding hydrogens is 337 g/mol. The van der Waals surface area contributed by atoms with Crippen LogP contribution in [0.5, 0.6) is 0 Å². The third-order valence-electron chi connectivity index (χ3n) is 3.22. The fraction of sp³-hybridized carbons (Fsp3) is 0.188. The van der Waals surface area contributed by atoms with Crippen molar-refractivity contribution in [1.29, 1.82) is 0 Å². The third-order valence-corrected chi connectivity index (χ3v) is 3.72. The summed E-state index contributed by atoms with van der Waals surface area (Å²) in [6, 6.07) is 12.2. The Morgan fingerprint density at radius 1 is 1.33 bits per heavy atom. The summed E-state index contributed by atoms with van der Waals surface area (Å²) in [5.74, 6) is -1.97. The second-order valence-corrected chi connectivity index (χ2v) is 5.69. The number of halogens is 2. The Balaban J connectivity index is 2.03. The topological polar surface area (TPSA) is 49.3 Å². The van der Waals surface area contributed by atoms with Gasteiger partial charge >= 0.3 is 5.97 Å². The molecule has 2 rings (SSSR count). The van der Waals surface area contributed by atoms with E-state index in [-0.39, 0.29) is 11.6 Å². The van der Waals surface area contributed by atoms with Crippen LogP contribution in [0.4, 0.5) is 4.39 Å². The molecule has 0 aliphatic carbocycles. The van der Waals surface area contributed by atoms with Crippen molar-refractivity contribution >= 4 is 21.9 Å². The Morgan fingerprint density at radius 3 is 2.71 bits per heavy atom. The Bertz CT molecular complexity index is 660. The highest BCUT2D eigenvalue weighted by Gasteiger charge is 2.11. The quantitative estimate of drug-likeness (QED) is 0.851. The van der Waals surface area contributed by atoms with E-state index in [2.05, 4.69) is 21.2 Å². The molecule has 0 heterocycles. The van der Waals surface area contributed by atoms with Gasteiger partial charge in [-0.25, -0.2) is 9.18 Å². The molecule has 21 heavy (non-hydrogen) atoms. The lowest BCUT2D eigenvalue weighted by molar-refractivity contribution is 0.0692. The first kappa shape index (κ1) is 15.7. The van der Waals surface area contributed by atoms with Crippen LogP contribution >= 0.6 is 15.9 Å². The molecule has 5 heteroatoms. The lowest BCUT2D eigenvalue weighted by Crippen LogP contribution is -2.18. The monoisotopic (exact) mass is 351 g/mol. The van der Waals surface area contributed by atoms with Gasteiger partial charge in [-0.3, -0.25) is 0 Å². The van der Waals surface area contributed by atoms with Gasteiger partial charge in [-0.05, 0) is 42.3 Å². The highest BCUT2D eigenvalue weighted by Crippen LogP contribution is 2.18. The highest BCUT2D eigenvalue weighted by molar-refractivity contribution is 9.10. The van der Waals surface area contributed by atoms with Gasteiger partial charge in [0.05, 0.1) is 5.56 Å². The Labute approximate surface area is 130 Å². The summed E-state index contributed by atoms with van der Waals surface area (Å²) in [6.07, 6.45) is 0. The van der Waals surface area contributed by atoms with Crippen molar-refractivity contribution in [2.75, 3.05) is 0 Å². The SMILES string of the molecule is C[C@@H](NCc1ccc(C(=O)O)c(F)c1)c1cccc(Br)c1. The normalized spacial score (nSPS) is 12.1. The van der Waals surface area contributed by atoms with Crippen molar-refractivity contribution in [2.45, 2.75) is 19.5 Å². The molecule has 0 fully saturated rings. The third kappa shape index (κ3) is 4.12. The molecule has 0 saturated heterocycles. The summed E-state index contributed by atoms with van der Waals surface area (Å²) >= 11 is 3.42. The smallest absolute Gasteiger partial charge is 0.338 e. The molecule has 0 saturated carbocycles. The zero-order chi connectivity index (χ0) is 15.4. The van der Waals surface area contributed by atoms with E-state index < -0.39 is 11.8 Å². The predicted octanol–water partition coefficient (Wildman–Crippen LogP) is 4.14. The molecule has 110 valence electrons. The fourth-order valence-electron chi connectivity index (χ4n) is 2.01. The summed E-state index contributed by atoms with van der Waals surface area (Å²) in [5, 5.41) is 12.1. The number of hydrogen-bond acceptors (Lipinski definition) is 2. The average molecular weight is 352 g/mol. The maximum absolute atomic E-state index is 13.6. The molecule has 0 aromatic heterocycles. The van der Waals surface area contributed by atoms with Crippen LogP contribution < -0.4 is 5.32 Å².